The van der Waals surface area contributed by atoms with Crippen LogP contribution in [0.2, 0.25) is 0 Å². The Morgan fingerprint density at radius 1 is 1.00 bits per heavy atom. The number of likely N-dealkylation sites (tertiary alicyclic amines) is 1. The summed E-state index contributed by atoms with van der Waals surface area (Å²) in [5, 5.41) is 1.23. The van der Waals surface area contributed by atoms with Crippen molar-refractivity contribution in [3.63, 3.8) is 0 Å². The highest BCUT2D eigenvalue weighted by atomic mass is 16.5. The van der Waals surface area contributed by atoms with E-state index >= 15 is 0 Å². The third kappa shape index (κ3) is 3.81. The first-order valence-electron chi connectivity index (χ1n) is 9.77. The van der Waals surface area contributed by atoms with E-state index in [2.05, 4.69) is 52.5 Å². The first kappa shape index (κ1) is 17.9. The summed E-state index contributed by atoms with van der Waals surface area (Å²) in [7, 11) is 3.36. The molecule has 1 N–H and O–H groups in total. The monoisotopic (exact) mass is 364 g/mol. The highest BCUT2D eigenvalue weighted by molar-refractivity contribution is 5.86. The molecule has 0 saturated carbocycles. The second kappa shape index (κ2) is 8.05. The minimum Gasteiger partial charge on any atom is -0.493 e. The highest BCUT2D eigenvalue weighted by Crippen LogP contribution is 2.34. The molecule has 2 heterocycles. The Kier molecular flexibility index (Phi) is 5.35. The molecule has 3 aromatic rings. The zero-order valence-electron chi connectivity index (χ0n) is 16.2. The van der Waals surface area contributed by atoms with E-state index in [1.165, 1.54) is 42.4 Å². The molecule has 4 nitrogen and oxygen atoms in total. The van der Waals surface area contributed by atoms with Crippen LogP contribution in [0.1, 0.15) is 29.9 Å². The van der Waals surface area contributed by atoms with Crippen molar-refractivity contribution in [1.29, 1.82) is 0 Å². The van der Waals surface area contributed by atoms with Crippen molar-refractivity contribution in [2.75, 3.05) is 33.9 Å². The van der Waals surface area contributed by atoms with E-state index in [9.17, 15) is 0 Å². The molecular formula is C23H28N2O2. The summed E-state index contributed by atoms with van der Waals surface area (Å²) in [6, 6.07) is 15.1. The zero-order valence-corrected chi connectivity index (χ0v) is 16.2. The summed E-state index contributed by atoms with van der Waals surface area (Å²) in [5.41, 5.74) is 3.94. The largest absolute Gasteiger partial charge is 0.493 e. The van der Waals surface area contributed by atoms with Gasteiger partial charge in [-0.3, -0.25) is 0 Å². The Morgan fingerprint density at radius 3 is 2.41 bits per heavy atom. The third-order valence-corrected chi connectivity index (χ3v) is 5.83. The number of nitrogens with zero attached hydrogens (tertiary/aromatic N) is 1. The molecule has 1 saturated heterocycles. The number of ether oxygens (including phenoxy) is 2. The van der Waals surface area contributed by atoms with Gasteiger partial charge in [0.15, 0.2) is 11.5 Å². The molecular weight excluding hydrogens is 336 g/mol. The summed E-state index contributed by atoms with van der Waals surface area (Å²) in [4.78, 5) is 5.97. The lowest BCUT2D eigenvalue weighted by Crippen LogP contribution is -2.34. The molecule has 0 unspecified atom stereocenters. The molecule has 1 aromatic heterocycles. The smallest absolute Gasteiger partial charge is 0.162 e. The van der Waals surface area contributed by atoms with Gasteiger partial charge in [0.1, 0.15) is 0 Å². The Balaban J connectivity index is 1.38. The summed E-state index contributed by atoms with van der Waals surface area (Å²) in [6.07, 6.45) is 5.68. The summed E-state index contributed by atoms with van der Waals surface area (Å²) in [6.45, 7) is 3.46. The van der Waals surface area contributed by atoms with Gasteiger partial charge in [-0.1, -0.05) is 30.3 Å². The average molecular weight is 364 g/mol. The number of benzene rings is 2. The van der Waals surface area contributed by atoms with Gasteiger partial charge in [0, 0.05) is 29.7 Å². The van der Waals surface area contributed by atoms with Gasteiger partial charge < -0.3 is 19.4 Å². The standard InChI is InChI=1S/C23H28N2O2/c1-26-22-14-20-19(16-24-21(20)15-23(22)27-2)10-13-25-11-8-18(9-12-25)17-6-4-3-5-7-17/h3-7,14-16,18,24H,8-13H2,1-2H3. The molecule has 0 bridgehead atoms. The SMILES string of the molecule is COc1cc2[nH]cc(CCN3CCC(c4ccccc4)CC3)c2cc1OC. The molecule has 0 aliphatic carbocycles. The average Bonchev–Trinajstić information content (AvgIpc) is 3.14. The van der Waals surface area contributed by atoms with Gasteiger partial charge in [0.05, 0.1) is 14.2 Å². The minimum atomic E-state index is 0.715. The van der Waals surface area contributed by atoms with Crippen molar-refractivity contribution < 1.29 is 9.47 Å². The van der Waals surface area contributed by atoms with Gasteiger partial charge in [-0.25, -0.2) is 0 Å². The first-order chi connectivity index (χ1) is 13.3. The number of piperidine rings is 1. The van der Waals surface area contributed by atoms with Crippen LogP contribution in [0.25, 0.3) is 10.9 Å². The number of aromatic amines is 1. The molecule has 4 heteroatoms. The lowest BCUT2D eigenvalue weighted by molar-refractivity contribution is 0.215. The number of methoxy groups -OCH3 is 2. The minimum absolute atomic E-state index is 0.715. The van der Waals surface area contributed by atoms with Crippen molar-refractivity contribution in [3.05, 3.63) is 59.8 Å². The molecule has 27 heavy (non-hydrogen) atoms. The molecule has 0 atom stereocenters. The lowest BCUT2D eigenvalue weighted by Gasteiger charge is -2.32. The second-order valence-electron chi connectivity index (χ2n) is 7.34. The first-order valence-corrected chi connectivity index (χ1v) is 9.77. The molecule has 0 spiro atoms. The maximum absolute atomic E-state index is 5.47. The van der Waals surface area contributed by atoms with Gasteiger partial charge in [-0.2, -0.15) is 0 Å². The summed E-state index contributed by atoms with van der Waals surface area (Å²) < 4.78 is 10.9. The molecule has 1 aliphatic heterocycles. The van der Waals surface area contributed by atoms with Crippen LogP contribution in [-0.4, -0.2) is 43.7 Å². The van der Waals surface area contributed by atoms with E-state index in [0.717, 1.165) is 30.0 Å². The van der Waals surface area contributed by atoms with Crippen LogP contribution in [-0.2, 0) is 6.42 Å². The number of rotatable bonds is 6. The summed E-state index contributed by atoms with van der Waals surface area (Å²) in [5.74, 6) is 2.27. The van der Waals surface area contributed by atoms with Gasteiger partial charge >= 0.3 is 0 Å². The van der Waals surface area contributed by atoms with Crippen LogP contribution in [0.5, 0.6) is 11.5 Å². The van der Waals surface area contributed by atoms with Crippen LogP contribution in [0.3, 0.4) is 0 Å². The van der Waals surface area contributed by atoms with E-state index in [0.29, 0.717) is 5.92 Å². The van der Waals surface area contributed by atoms with Crippen molar-refractivity contribution >= 4 is 10.9 Å². The number of fused-ring (bicyclic) bond motifs is 1. The molecule has 142 valence electrons. The van der Waals surface area contributed by atoms with Gasteiger partial charge in [-0.15, -0.1) is 0 Å². The number of H-pyrrole nitrogens is 1. The van der Waals surface area contributed by atoms with Crippen molar-refractivity contribution in [2.45, 2.75) is 25.2 Å². The Labute approximate surface area is 161 Å². The maximum atomic E-state index is 5.47. The fraction of sp³-hybridized carbons (Fsp3) is 0.391. The van der Waals surface area contributed by atoms with Crippen LogP contribution >= 0.6 is 0 Å². The van der Waals surface area contributed by atoms with E-state index in [4.69, 9.17) is 9.47 Å². The number of nitrogens with one attached hydrogen (secondary N) is 1. The Bertz CT molecular complexity index is 880. The molecule has 0 radical (unpaired) electrons. The predicted molar refractivity (Wildman–Crippen MR) is 110 cm³/mol. The van der Waals surface area contributed by atoms with Gasteiger partial charge in [0.25, 0.3) is 0 Å². The quantitative estimate of drug-likeness (QED) is 0.694. The topological polar surface area (TPSA) is 37.5 Å². The van der Waals surface area contributed by atoms with Gasteiger partial charge in [-0.05, 0) is 55.5 Å². The Hall–Kier alpha value is -2.46. The maximum Gasteiger partial charge on any atom is 0.162 e. The van der Waals surface area contributed by atoms with E-state index in [1.807, 2.05) is 6.07 Å². The number of hydrogen-bond acceptors (Lipinski definition) is 3. The Morgan fingerprint density at radius 2 is 1.70 bits per heavy atom. The van der Waals surface area contributed by atoms with Crippen LogP contribution in [0, 0.1) is 0 Å². The number of hydrogen-bond donors (Lipinski definition) is 1. The van der Waals surface area contributed by atoms with E-state index in [-0.39, 0.29) is 0 Å². The van der Waals surface area contributed by atoms with Crippen LogP contribution < -0.4 is 9.47 Å². The predicted octanol–water partition coefficient (Wildman–Crippen LogP) is 4.61. The molecule has 2 aromatic carbocycles. The molecule has 1 aliphatic rings. The molecule has 1 fully saturated rings. The molecule has 0 amide bonds. The van der Waals surface area contributed by atoms with Crippen molar-refractivity contribution in [2.24, 2.45) is 0 Å². The second-order valence-corrected chi connectivity index (χ2v) is 7.34. The normalized spacial score (nSPS) is 15.9. The van der Waals surface area contributed by atoms with Gasteiger partial charge in [0.2, 0.25) is 0 Å². The van der Waals surface area contributed by atoms with Crippen LogP contribution in [0.4, 0.5) is 0 Å². The zero-order chi connectivity index (χ0) is 18.6. The van der Waals surface area contributed by atoms with Crippen molar-refractivity contribution in [1.82, 2.24) is 9.88 Å². The van der Waals surface area contributed by atoms with E-state index in [1.54, 1.807) is 14.2 Å². The van der Waals surface area contributed by atoms with Crippen LogP contribution in [0.15, 0.2) is 48.7 Å². The third-order valence-electron chi connectivity index (χ3n) is 5.83. The number of aromatic nitrogens is 1. The van der Waals surface area contributed by atoms with Crippen molar-refractivity contribution in [3.8, 4) is 11.5 Å². The fourth-order valence-electron chi connectivity index (χ4n) is 4.21. The summed E-state index contributed by atoms with van der Waals surface area (Å²) >= 11 is 0. The van der Waals surface area contributed by atoms with E-state index < -0.39 is 0 Å². The lowest BCUT2D eigenvalue weighted by atomic mass is 9.89. The molecule has 4 rings (SSSR count). The fourth-order valence-corrected chi connectivity index (χ4v) is 4.21. The highest BCUT2D eigenvalue weighted by Gasteiger charge is 2.20.